The third-order valence-corrected chi connectivity index (χ3v) is 4.96. The largest absolute Gasteiger partial charge is 0.454 e. The normalized spacial score (nSPS) is 20.4. The zero-order valence-corrected chi connectivity index (χ0v) is 15.6. The number of nitrogens with one attached hydrogen (secondary N) is 1. The van der Waals surface area contributed by atoms with Gasteiger partial charge in [0.25, 0.3) is 11.6 Å². The van der Waals surface area contributed by atoms with Crippen LogP contribution >= 0.6 is 0 Å². The van der Waals surface area contributed by atoms with Gasteiger partial charge in [-0.05, 0) is 25.3 Å². The number of amides is 3. The molecular formula is C19H19N3O7. The number of nitro groups is 1. The number of benzene rings is 1. The van der Waals surface area contributed by atoms with Crippen molar-refractivity contribution in [3.05, 3.63) is 46.0 Å². The molecule has 0 bridgehead atoms. The first-order chi connectivity index (χ1) is 13.8. The lowest BCUT2D eigenvalue weighted by molar-refractivity contribution is -0.384. The van der Waals surface area contributed by atoms with Crippen molar-refractivity contribution in [3.63, 3.8) is 0 Å². The van der Waals surface area contributed by atoms with Gasteiger partial charge in [0.1, 0.15) is 12.2 Å². The number of likely N-dealkylation sites (tertiary alicyclic amines) is 1. The van der Waals surface area contributed by atoms with Crippen molar-refractivity contribution in [2.45, 2.75) is 19.8 Å². The van der Waals surface area contributed by atoms with Crippen LogP contribution in [0.1, 0.15) is 18.4 Å². The lowest BCUT2D eigenvalue weighted by atomic mass is 9.85. The Morgan fingerprint density at radius 1 is 1.21 bits per heavy atom. The second-order valence-corrected chi connectivity index (χ2v) is 6.85. The van der Waals surface area contributed by atoms with Crippen LogP contribution < -0.4 is 5.32 Å². The van der Waals surface area contributed by atoms with E-state index in [4.69, 9.17) is 4.74 Å². The summed E-state index contributed by atoms with van der Waals surface area (Å²) in [5.74, 6) is -3.42. The zero-order chi connectivity index (χ0) is 21.1. The van der Waals surface area contributed by atoms with E-state index in [9.17, 15) is 29.3 Å². The SMILES string of the molecule is Cc1cccc([N+](=O)[O-])c1NC(=O)COC(=O)CN1C(=O)[C@H]2CC=CC[C@H]2C1=O. The van der Waals surface area contributed by atoms with Crippen LogP contribution in [0.4, 0.5) is 11.4 Å². The number of carbonyl (C=O) groups excluding carboxylic acids is 4. The first-order valence-electron chi connectivity index (χ1n) is 8.99. The van der Waals surface area contributed by atoms with Crippen LogP contribution in [0.5, 0.6) is 0 Å². The van der Waals surface area contributed by atoms with Gasteiger partial charge in [-0.2, -0.15) is 0 Å². The molecule has 1 saturated heterocycles. The Kier molecular flexibility index (Phi) is 5.71. The summed E-state index contributed by atoms with van der Waals surface area (Å²) in [5, 5.41) is 13.4. The summed E-state index contributed by atoms with van der Waals surface area (Å²) in [7, 11) is 0. The second-order valence-electron chi connectivity index (χ2n) is 6.85. The minimum atomic E-state index is -0.910. The van der Waals surface area contributed by atoms with Gasteiger partial charge in [-0.1, -0.05) is 24.3 Å². The summed E-state index contributed by atoms with van der Waals surface area (Å²) in [4.78, 5) is 60.0. The highest BCUT2D eigenvalue weighted by molar-refractivity contribution is 6.07. The predicted octanol–water partition coefficient (Wildman–Crippen LogP) is 1.34. The molecule has 1 aliphatic carbocycles. The maximum Gasteiger partial charge on any atom is 0.326 e. The van der Waals surface area contributed by atoms with Crippen LogP contribution in [0.3, 0.4) is 0 Å². The molecular weight excluding hydrogens is 382 g/mol. The van der Waals surface area contributed by atoms with Crippen LogP contribution in [0.15, 0.2) is 30.4 Å². The van der Waals surface area contributed by atoms with Gasteiger partial charge in [0, 0.05) is 6.07 Å². The number of anilines is 1. The van der Waals surface area contributed by atoms with Crippen molar-refractivity contribution in [3.8, 4) is 0 Å². The molecule has 1 fully saturated rings. The molecule has 1 heterocycles. The van der Waals surface area contributed by atoms with Gasteiger partial charge >= 0.3 is 5.97 Å². The minimum absolute atomic E-state index is 0.0139. The number of rotatable bonds is 6. The number of nitro benzene ring substituents is 1. The smallest absolute Gasteiger partial charge is 0.326 e. The Balaban J connectivity index is 1.55. The number of imide groups is 1. The van der Waals surface area contributed by atoms with Gasteiger partial charge in [0.2, 0.25) is 11.8 Å². The van der Waals surface area contributed by atoms with Crippen molar-refractivity contribution < 1.29 is 28.8 Å². The van der Waals surface area contributed by atoms with E-state index < -0.39 is 53.6 Å². The Bertz CT molecular complexity index is 898. The summed E-state index contributed by atoms with van der Waals surface area (Å²) >= 11 is 0. The molecule has 152 valence electrons. The molecule has 2 aliphatic rings. The summed E-state index contributed by atoms with van der Waals surface area (Å²) in [6.07, 6.45) is 4.59. The third-order valence-electron chi connectivity index (χ3n) is 4.96. The molecule has 0 unspecified atom stereocenters. The van der Waals surface area contributed by atoms with E-state index in [0.717, 1.165) is 4.90 Å². The number of fused-ring (bicyclic) bond motifs is 1. The van der Waals surface area contributed by atoms with Gasteiger partial charge < -0.3 is 10.1 Å². The van der Waals surface area contributed by atoms with Crippen molar-refractivity contribution in [2.24, 2.45) is 11.8 Å². The lowest BCUT2D eigenvalue weighted by Gasteiger charge is -2.14. The number of aryl methyl sites for hydroxylation is 1. The van der Waals surface area contributed by atoms with Gasteiger partial charge in [-0.15, -0.1) is 0 Å². The molecule has 10 heteroatoms. The number of allylic oxidation sites excluding steroid dienone is 2. The molecule has 1 N–H and O–H groups in total. The van der Waals surface area contributed by atoms with Crippen molar-refractivity contribution in [1.29, 1.82) is 0 Å². The lowest BCUT2D eigenvalue weighted by Crippen LogP contribution is -2.37. The Labute approximate surface area is 165 Å². The molecule has 3 amide bonds. The molecule has 1 aromatic rings. The average Bonchev–Trinajstić information content (AvgIpc) is 2.93. The maximum atomic E-state index is 12.3. The number of hydrogen-bond donors (Lipinski definition) is 1. The number of carbonyl (C=O) groups is 4. The van der Waals surface area contributed by atoms with Crippen LogP contribution in [-0.4, -0.2) is 46.7 Å². The van der Waals surface area contributed by atoms with Crippen LogP contribution in [0.25, 0.3) is 0 Å². The quantitative estimate of drug-likeness (QED) is 0.250. The van der Waals surface area contributed by atoms with E-state index >= 15 is 0 Å². The summed E-state index contributed by atoms with van der Waals surface area (Å²) in [6, 6.07) is 4.32. The van der Waals surface area contributed by atoms with E-state index in [0.29, 0.717) is 18.4 Å². The molecule has 0 spiro atoms. The van der Waals surface area contributed by atoms with Gasteiger partial charge in [-0.25, -0.2) is 0 Å². The van der Waals surface area contributed by atoms with Crippen molar-refractivity contribution >= 4 is 35.1 Å². The molecule has 29 heavy (non-hydrogen) atoms. The van der Waals surface area contributed by atoms with Crippen molar-refractivity contribution in [1.82, 2.24) is 4.90 Å². The molecule has 0 aromatic heterocycles. The van der Waals surface area contributed by atoms with Crippen LogP contribution in [0, 0.1) is 28.9 Å². The molecule has 1 aliphatic heterocycles. The number of esters is 1. The second kappa shape index (κ2) is 8.21. The molecule has 0 radical (unpaired) electrons. The highest BCUT2D eigenvalue weighted by Crippen LogP contribution is 2.34. The fraction of sp³-hybridized carbons (Fsp3) is 0.368. The van der Waals surface area contributed by atoms with E-state index in [1.54, 1.807) is 13.0 Å². The molecule has 10 nitrogen and oxygen atoms in total. The Morgan fingerprint density at radius 3 is 2.41 bits per heavy atom. The number of ether oxygens (including phenoxy) is 1. The average molecular weight is 401 g/mol. The number of para-hydroxylation sites is 1. The van der Waals surface area contributed by atoms with Crippen LogP contribution in [0.2, 0.25) is 0 Å². The summed E-state index contributed by atoms with van der Waals surface area (Å²) in [5.41, 5.74) is 0.206. The van der Waals surface area contributed by atoms with Crippen LogP contribution in [-0.2, 0) is 23.9 Å². The number of nitrogens with zero attached hydrogens (tertiary/aromatic N) is 2. The standard InChI is InChI=1S/C19H19N3O7/c1-11-5-4-8-14(22(27)28)17(11)20-15(23)10-29-16(24)9-21-18(25)12-6-2-3-7-13(12)19(21)26/h2-5,8,12-13H,6-7,9-10H2,1H3,(H,20,23)/t12-,13+. The summed E-state index contributed by atoms with van der Waals surface area (Å²) < 4.78 is 4.85. The van der Waals surface area contributed by atoms with Gasteiger partial charge in [0.15, 0.2) is 6.61 Å². The molecule has 3 rings (SSSR count). The maximum absolute atomic E-state index is 12.3. The first kappa shape index (κ1) is 20.2. The highest BCUT2D eigenvalue weighted by Gasteiger charge is 2.47. The van der Waals surface area contributed by atoms with E-state index in [-0.39, 0.29) is 11.4 Å². The fourth-order valence-electron chi connectivity index (χ4n) is 3.49. The van der Waals surface area contributed by atoms with E-state index in [2.05, 4.69) is 5.32 Å². The molecule has 1 aromatic carbocycles. The molecule has 0 saturated carbocycles. The monoisotopic (exact) mass is 401 g/mol. The predicted molar refractivity (Wildman–Crippen MR) is 99.5 cm³/mol. The van der Waals surface area contributed by atoms with Gasteiger partial charge in [0.05, 0.1) is 16.8 Å². The first-order valence-corrected chi connectivity index (χ1v) is 8.99. The van der Waals surface area contributed by atoms with E-state index in [1.165, 1.54) is 12.1 Å². The third kappa shape index (κ3) is 4.15. The Morgan fingerprint density at radius 2 is 1.83 bits per heavy atom. The highest BCUT2D eigenvalue weighted by atomic mass is 16.6. The topological polar surface area (TPSA) is 136 Å². The molecule has 2 atom stereocenters. The van der Waals surface area contributed by atoms with Crippen molar-refractivity contribution in [2.75, 3.05) is 18.5 Å². The Hall–Kier alpha value is -3.56. The number of hydrogen-bond acceptors (Lipinski definition) is 7. The summed E-state index contributed by atoms with van der Waals surface area (Å²) in [6.45, 7) is 0.324. The van der Waals surface area contributed by atoms with Gasteiger partial charge in [-0.3, -0.25) is 34.2 Å². The fourth-order valence-corrected chi connectivity index (χ4v) is 3.49. The minimum Gasteiger partial charge on any atom is -0.454 e. The zero-order valence-electron chi connectivity index (χ0n) is 15.6. The van der Waals surface area contributed by atoms with E-state index in [1.807, 2.05) is 12.2 Å².